The van der Waals surface area contributed by atoms with Crippen molar-refractivity contribution < 1.29 is 9.21 Å². The van der Waals surface area contributed by atoms with Gasteiger partial charge in [-0.1, -0.05) is 12.1 Å². The number of furan rings is 1. The number of amides is 1. The van der Waals surface area contributed by atoms with Crippen molar-refractivity contribution >= 4 is 11.6 Å². The summed E-state index contributed by atoms with van der Waals surface area (Å²) in [6, 6.07) is 10.9. The molecule has 94 valence electrons. The van der Waals surface area contributed by atoms with Gasteiger partial charge in [0.2, 0.25) is 0 Å². The van der Waals surface area contributed by atoms with Crippen LogP contribution in [0.25, 0.3) is 0 Å². The van der Waals surface area contributed by atoms with E-state index >= 15 is 0 Å². The Kier molecular flexibility index (Phi) is 3.67. The summed E-state index contributed by atoms with van der Waals surface area (Å²) in [5.41, 5.74) is 7.44. The zero-order valence-corrected chi connectivity index (χ0v) is 10.3. The Labute approximate surface area is 106 Å². The van der Waals surface area contributed by atoms with E-state index in [2.05, 4.69) is 0 Å². The second kappa shape index (κ2) is 5.40. The van der Waals surface area contributed by atoms with Gasteiger partial charge in [-0.05, 0) is 36.8 Å². The Hall–Kier alpha value is -2.23. The van der Waals surface area contributed by atoms with Gasteiger partial charge in [0.15, 0.2) is 5.76 Å². The highest BCUT2D eigenvalue weighted by atomic mass is 16.3. The monoisotopic (exact) mass is 244 g/mol. The van der Waals surface area contributed by atoms with Crippen LogP contribution in [0.15, 0.2) is 47.1 Å². The summed E-state index contributed by atoms with van der Waals surface area (Å²) >= 11 is 0. The van der Waals surface area contributed by atoms with Crippen molar-refractivity contribution in [2.45, 2.75) is 13.5 Å². The first kappa shape index (κ1) is 12.2. The van der Waals surface area contributed by atoms with Crippen LogP contribution in [0.1, 0.15) is 23.0 Å². The lowest BCUT2D eigenvalue weighted by atomic mass is 10.2. The van der Waals surface area contributed by atoms with E-state index < -0.39 is 0 Å². The molecule has 4 nitrogen and oxygen atoms in total. The number of nitrogens with two attached hydrogens (primary N) is 1. The first-order chi connectivity index (χ1) is 8.70. The fourth-order valence-electron chi connectivity index (χ4n) is 1.80. The topological polar surface area (TPSA) is 59.5 Å². The molecule has 1 aromatic heterocycles. The van der Waals surface area contributed by atoms with Crippen molar-refractivity contribution in [1.29, 1.82) is 0 Å². The quantitative estimate of drug-likeness (QED) is 0.841. The van der Waals surface area contributed by atoms with Crippen molar-refractivity contribution in [1.82, 2.24) is 4.90 Å². The second-order valence-corrected chi connectivity index (χ2v) is 4.04. The second-order valence-electron chi connectivity index (χ2n) is 4.04. The van der Waals surface area contributed by atoms with Crippen LogP contribution in [0, 0.1) is 0 Å². The third-order valence-electron chi connectivity index (χ3n) is 2.73. The smallest absolute Gasteiger partial charge is 0.289 e. The van der Waals surface area contributed by atoms with E-state index in [1.165, 1.54) is 6.26 Å². The molecule has 2 aromatic rings. The molecule has 0 saturated heterocycles. The molecule has 18 heavy (non-hydrogen) atoms. The Morgan fingerprint density at radius 2 is 2.17 bits per heavy atom. The summed E-state index contributed by atoms with van der Waals surface area (Å²) in [7, 11) is 0. The molecular formula is C14H16N2O2. The van der Waals surface area contributed by atoms with Crippen molar-refractivity contribution in [3.8, 4) is 0 Å². The maximum atomic E-state index is 12.1. The van der Waals surface area contributed by atoms with Gasteiger partial charge < -0.3 is 15.1 Å². The van der Waals surface area contributed by atoms with Gasteiger partial charge in [0.1, 0.15) is 0 Å². The van der Waals surface area contributed by atoms with E-state index in [1.54, 1.807) is 17.0 Å². The number of rotatable bonds is 4. The van der Waals surface area contributed by atoms with Gasteiger partial charge in [0, 0.05) is 18.8 Å². The highest BCUT2D eigenvalue weighted by Crippen LogP contribution is 2.12. The maximum absolute atomic E-state index is 12.1. The van der Waals surface area contributed by atoms with Gasteiger partial charge in [-0.2, -0.15) is 0 Å². The molecule has 0 aliphatic carbocycles. The van der Waals surface area contributed by atoms with E-state index in [0.717, 1.165) is 5.56 Å². The Morgan fingerprint density at radius 1 is 1.33 bits per heavy atom. The summed E-state index contributed by atoms with van der Waals surface area (Å²) in [5, 5.41) is 0. The number of hydrogen-bond acceptors (Lipinski definition) is 3. The van der Waals surface area contributed by atoms with Crippen molar-refractivity contribution in [3.05, 3.63) is 54.0 Å². The highest BCUT2D eigenvalue weighted by molar-refractivity contribution is 5.91. The maximum Gasteiger partial charge on any atom is 0.289 e. The number of nitrogens with zero attached hydrogens (tertiary/aromatic N) is 1. The van der Waals surface area contributed by atoms with Gasteiger partial charge in [-0.25, -0.2) is 0 Å². The van der Waals surface area contributed by atoms with Crippen molar-refractivity contribution in [3.63, 3.8) is 0 Å². The molecule has 2 N–H and O–H groups in total. The first-order valence-electron chi connectivity index (χ1n) is 5.88. The average Bonchev–Trinajstić information content (AvgIpc) is 2.89. The minimum Gasteiger partial charge on any atom is -0.459 e. The molecule has 0 aliphatic rings. The third-order valence-corrected chi connectivity index (χ3v) is 2.73. The van der Waals surface area contributed by atoms with Crippen LogP contribution in [-0.4, -0.2) is 17.4 Å². The van der Waals surface area contributed by atoms with Crippen LogP contribution in [0.5, 0.6) is 0 Å². The summed E-state index contributed by atoms with van der Waals surface area (Å²) in [5.74, 6) is 0.255. The molecule has 0 aliphatic heterocycles. The number of anilines is 1. The fraction of sp³-hybridized carbons (Fsp3) is 0.214. The third kappa shape index (κ3) is 2.71. The number of carbonyl (C=O) groups is 1. The number of benzene rings is 1. The van der Waals surface area contributed by atoms with E-state index in [4.69, 9.17) is 10.2 Å². The van der Waals surface area contributed by atoms with Gasteiger partial charge in [0.25, 0.3) is 5.91 Å². The van der Waals surface area contributed by atoms with Gasteiger partial charge in [-0.3, -0.25) is 4.79 Å². The van der Waals surface area contributed by atoms with Crippen LogP contribution in [0.2, 0.25) is 0 Å². The molecule has 0 saturated carbocycles. The predicted octanol–water partition coefficient (Wildman–Crippen LogP) is 2.52. The van der Waals surface area contributed by atoms with Gasteiger partial charge in [-0.15, -0.1) is 0 Å². The predicted molar refractivity (Wildman–Crippen MR) is 70.0 cm³/mol. The van der Waals surface area contributed by atoms with Crippen molar-refractivity contribution in [2.75, 3.05) is 12.3 Å². The fourth-order valence-corrected chi connectivity index (χ4v) is 1.80. The van der Waals surface area contributed by atoms with Crippen LogP contribution in [0.3, 0.4) is 0 Å². The number of carbonyl (C=O) groups excluding carboxylic acids is 1. The summed E-state index contributed by atoms with van der Waals surface area (Å²) < 4.78 is 5.12. The number of nitrogen functional groups attached to an aromatic ring is 1. The van der Waals surface area contributed by atoms with Crippen LogP contribution >= 0.6 is 0 Å². The Bertz CT molecular complexity index is 520. The number of hydrogen-bond donors (Lipinski definition) is 1. The normalized spacial score (nSPS) is 10.3. The van der Waals surface area contributed by atoms with Crippen LogP contribution in [0.4, 0.5) is 5.69 Å². The first-order valence-corrected chi connectivity index (χ1v) is 5.88. The summed E-state index contributed by atoms with van der Waals surface area (Å²) in [6.07, 6.45) is 1.50. The lowest BCUT2D eigenvalue weighted by molar-refractivity contribution is 0.0720. The summed E-state index contributed by atoms with van der Waals surface area (Å²) in [6.45, 7) is 3.09. The van der Waals surface area contributed by atoms with Gasteiger partial charge in [0.05, 0.1) is 6.26 Å². The lowest BCUT2D eigenvalue weighted by Gasteiger charge is -2.19. The molecule has 0 radical (unpaired) electrons. The molecule has 2 rings (SSSR count). The largest absolute Gasteiger partial charge is 0.459 e. The van der Waals surface area contributed by atoms with Crippen LogP contribution < -0.4 is 5.73 Å². The van der Waals surface area contributed by atoms with Crippen molar-refractivity contribution in [2.24, 2.45) is 0 Å². The van der Waals surface area contributed by atoms with Gasteiger partial charge >= 0.3 is 0 Å². The van der Waals surface area contributed by atoms with E-state index in [-0.39, 0.29) is 5.91 Å². The average molecular weight is 244 g/mol. The van der Waals surface area contributed by atoms with E-state index in [1.807, 2.05) is 31.2 Å². The molecule has 1 heterocycles. The molecule has 0 fully saturated rings. The lowest BCUT2D eigenvalue weighted by Crippen LogP contribution is -2.30. The van der Waals surface area contributed by atoms with E-state index in [0.29, 0.717) is 24.5 Å². The molecule has 0 bridgehead atoms. The molecule has 1 aromatic carbocycles. The molecular weight excluding hydrogens is 228 g/mol. The Morgan fingerprint density at radius 3 is 2.78 bits per heavy atom. The summed E-state index contributed by atoms with van der Waals surface area (Å²) in [4.78, 5) is 13.8. The minimum atomic E-state index is -0.107. The molecule has 0 atom stereocenters. The zero-order valence-electron chi connectivity index (χ0n) is 10.3. The minimum absolute atomic E-state index is 0.107. The van der Waals surface area contributed by atoms with E-state index in [9.17, 15) is 4.79 Å². The highest BCUT2D eigenvalue weighted by Gasteiger charge is 2.16. The van der Waals surface area contributed by atoms with Crippen LogP contribution in [-0.2, 0) is 6.54 Å². The standard InChI is InChI=1S/C14H16N2O2/c1-2-16(14(17)13-7-4-8-18-13)10-11-5-3-6-12(15)9-11/h3-9H,2,10,15H2,1H3. The zero-order chi connectivity index (χ0) is 13.0. The molecule has 0 spiro atoms. The SMILES string of the molecule is CCN(Cc1cccc(N)c1)C(=O)c1ccco1. The molecule has 0 unspecified atom stereocenters. The Balaban J connectivity index is 2.12. The molecule has 1 amide bonds. The molecule has 4 heteroatoms.